The highest BCUT2D eigenvalue weighted by Gasteiger charge is 2.23. The van der Waals surface area contributed by atoms with Crippen LogP contribution in [0.2, 0.25) is 0 Å². The van der Waals surface area contributed by atoms with Crippen molar-refractivity contribution in [1.29, 1.82) is 0 Å². The highest BCUT2D eigenvalue weighted by atomic mass is 19.1. The smallest absolute Gasteiger partial charge is 0.277 e. The number of anilines is 1. The summed E-state index contributed by atoms with van der Waals surface area (Å²) in [5, 5.41) is 14.4. The normalized spacial score (nSPS) is 14.0. The molecule has 1 amide bonds. The largest absolute Gasteiger partial charge is 0.392 e. The molecule has 2 aromatic carbocycles. The molecule has 3 heterocycles. The van der Waals surface area contributed by atoms with Gasteiger partial charge in [0.2, 0.25) is 5.91 Å². The summed E-state index contributed by atoms with van der Waals surface area (Å²) in [6.45, 7) is 1.59. The maximum Gasteiger partial charge on any atom is 0.277 e. The monoisotopic (exact) mass is 479 g/mol. The molecule has 0 unspecified atom stereocenters. The zero-order chi connectivity index (χ0) is 24.5. The summed E-state index contributed by atoms with van der Waals surface area (Å²) in [7, 11) is 0. The van der Waals surface area contributed by atoms with Crippen molar-refractivity contribution in [2.24, 2.45) is 0 Å². The van der Waals surface area contributed by atoms with Gasteiger partial charge in [0, 0.05) is 55.4 Å². The van der Waals surface area contributed by atoms with Gasteiger partial charge < -0.3 is 19.5 Å². The Morgan fingerprint density at radius 3 is 2.17 bits per heavy atom. The van der Waals surface area contributed by atoms with Gasteiger partial charge in [0.1, 0.15) is 23.7 Å². The minimum atomic E-state index is -0.448. The molecule has 1 aliphatic rings. The van der Waals surface area contributed by atoms with E-state index in [1.54, 1.807) is 23.2 Å². The zero-order valence-corrected chi connectivity index (χ0v) is 18.8. The minimum absolute atomic E-state index is 0.145. The lowest BCUT2D eigenvalue weighted by atomic mass is 10.1. The Kier molecular flexibility index (Phi) is 6.04. The van der Waals surface area contributed by atoms with Gasteiger partial charge in [-0.25, -0.2) is 13.3 Å². The van der Waals surface area contributed by atoms with Crippen LogP contribution in [0.5, 0.6) is 0 Å². The van der Waals surface area contributed by atoms with E-state index in [0.29, 0.717) is 43.0 Å². The summed E-state index contributed by atoms with van der Waals surface area (Å²) in [6.07, 6.45) is 3.05. The number of piperazine rings is 1. The fourth-order valence-corrected chi connectivity index (χ4v) is 4.38. The molecule has 8 nitrogen and oxygen atoms in total. The number of amides is 1. The van der Waals surface area contributed by atoms with Crippen molar-refractivity contribution in [3.8, 4) is 11.3 Å². The van der Waals surface area contributed by atoms with E-state index in [0.717, 1.165) is 5.69 Å². The third kappa shape index (κ3) is 4.40. The summed E-state index contributed by atoms with van der Waals surface area (Å²) >= 11 is 0. The van der Waals surface area contributed by atoms with Crippen LogP contribution in [0, 0.1) is 11.6 Å². The molecule has 1 N–H and O–H groups in total. The van der Waals surface area contributed by atoms with Crippen molar-refractivity contribution in [3.05, 3.63) is 88.5 Å². The van der Waals surface area contributed by atoms with Crippen LogP contribution in [0.25, 0.3) is 16.8 Å². The number of fused-ring (bicyclic) bond motifs is 1. The first-order valence-electron chi connectivity index (χ1n) is 11.2. The van der Waals surface area contributed by atoms with E-state index >= 15 is 0 Å². The van der Waals surface area contributed by atoms with Crippen LogP contribution in [0.15, 0.2) is 65.7 Å². The number of aliphatic hydroxyl groups is 1. The number of halogens is 2. The second-order valence-electron chi connectivity index (χ2n) is 8.36. The number of rotatable bonds is 5. The molecular weight excluding hydrogens is 456 g/mol. The molecule has 0 saturated carbocycles. The second-order valence-corrected chi connectivity index (χ2v) is 8.36. The Hall–Kier alpha value is -4.05. The number of aromatic nitrogens is 3. The van der Waals surface area contributed by atoms with Crippen LogP contribution in [-0.2, 0) is 17.9 Å². The Morgan fingerprint density at radius 1 is 0.914 bits per heavy atom. The van der Waals surface area contributed by atoms with Crippen LogP contribution in [-0.4, -0.2) is 56.3 Å². The minimum Gasteiger partial charge on any atom is -0.392 e. The van der Waals surface area contributed by atoms with E-state index in [-0.39, 0.29) is 23.8 Å². The molecule has 0 atom stereocenters. The van der Waals surface area contributed by atoms with Gasteiger partial charge >= 0.3 is 0 Å². The van der Waals surface area contributed by atoms with Crippen molar-refractivity contribution in [3.63, 3.8) is 0 Å². The molecule has 0 radical (unpaired) electrons. The van der Waals surface area contributed by atoms with Gasteiger partial charge in [0.25, 0.3) is 5.56 Å². The zero-order valence-electron chi connectivity index (χ0n) is 18.8. The Labute approximate surface area is 199 Å². The molecule has 10 heteroatoms. The highest BCUT2D eigenvalue weighted by Crippen LogP contribution is 2.25. The summed E-state index contributed by atoms with van der Waals surface area (Å²) in [5.41, 5.74) is 1.88. The molecule has 35 heavy (non-hydrogen) atoms. The predicted molar refractivity (Wildman–Crippen MR) is 126 cm³/mol. The van der Waals surface area contributed by atoms with Gasteiger partial charge in [-0.1, -0.05) is 0 Å². The Balaban J connectivity index is 1.34. The number of hydrogen-bond donors (Lipinski definition) is 1. The van der Waals surface area contributed by atoms with E-state index in [1.165, 1.54) is 51.7 Å². The predicted octanol–water partition coefficient (Wildman–Crippen LogP) is 2.28. The van der Waals surface area contributed by atoms with Crippen molar-refractivity contribution in [2.75, 3.05) is 31.1 Å². The number of nitrogens with zero attached hydrogens (tertiary/aromatic N) is 5. The summed E-state index contributed by atoms with van der Waals surface area (Å²) < 4.78 is 29.2. The first-order valence-corrected chi connectivity index (χ1v) is 11.2. The molecule has 1 aliphatic heterocycles. The lowest BCUT2D eigenvalue weighted by Gasteiger charge is -2.36. The second kappa shape index (κ2) is 9.30. The third-order valence-corrected chi connectivity index (χ3v) is 6.27. The number of benzene rings is 2. The van der Waals surface area contributed by atoms with Gasteiger partial charge in [0.05, 0.1) is 12.3 Å². The highest BCUT2D eigenvalue weighted by molar-refractivity contribution is 5.77. The summed E-state index contributed by atoms with van der Waals surface area (Å²) in [4.78, 5) is 29.9. The van der Waals surface area contributed by atoms with E-state index in [1.807, 2.05) is 0 Å². The summed E-state index contributed by atoms with van der Waals surface area (Å²) in [5.74, 6) is -0.890. The average Bonchev–Trinajstić information content (AvgIpc) is 3.26. The van der Waals surface area contributed by atoms with Gasteiger partial charge in [-0.15, -0.1) is 0 Å². The number of hydrogen-bond acceptors (Lipinski definition) is 5. The molecule has 2 aromatic heterocycles. The first kappa shape index (κ1) is 22.7. The SMILES string of the molecule is O=C(Cn1ccn2nc(-c3ccc(F)cc3)c(CO)c2c1=O)N1CCN(c2ccc(F)cc2)CC1. The maximum atomic E-state index is 13.3. The number of aliphatic hydroxyl groups excluding tert-OH is 1. The van der Waals surface area contributed by atoms with Gasteiger partial charge in [-0.05, 0) is 48.5 Å². The van der Waals surface area contributed by atoms with Gasteiger partial charge in [-0.2, -0.15) is 5.10 Å². The van der Waals surface area contributed by atoms with Crippen molar-refractivity contribution in [1.82, 2.24) is 19.1 Å². The Bertz CT molecular complexity index is 1420. The van der Waals surface area contributed by atoms with Crippen molar-refractivity contribution >= 4 is 17.1 Å². The fraction of sp³-hybridized carbons (Fsp3) is 0.240. The van der Waals surface area contributed by atoms with Crippen LogP contribution < -0.4 is 10.5 Å². The topological polar surface area (TPSA) is 83.1 Å². The quantitative estimate of drug-likeness (QED) is 0.475. The van der Waals surface area contributed by atoms with Crippen LogP contribution in [0.1, 0.15) is 5.56 Å². The van der Waals surface area contributed by atoms with E-state index in [4.69, 9.17) is 0 Å². The Morgan fingerprint density at radius 2 is 1.54 bits per heavy atom. The van der Waals surface area contributed by atoms with Gasteiger partial charge in [0.15, 0.2) is 0 Å². The first-order chi connectivity index (χ1) is 16.9. The molecule has 180 valence electrons. The lowest BCUT2D eigenvalue weighted by molar-refractivity contribution is -0.132. The number of carbonyl (C=O) groups excluding carboxylic acids is 1. The number of carbonyl (C=O) groups is 1. The molecule has 1 saturated heterocycles. The summed E-state index contributed by atoms with van der Waals surface area (Å²) in [6, 6.07) is 11.9. The van der Waals surface area contributed by atoms with Crippen LogP contribution in [0.3, 0.4) is 0 Å². The molecular formula is C25H23F2N5O3. The van der Waals surface area contributed by atoms with E-state index in [9.17, 15) is 23.5 Å². The van der Waals surface area contributed by atoms with Crippen LogP contribution in [0.4, 0.5) is 14.5 Å². The molecule has 0 spiro atoms. The van der Waals surface area contributed by atoms with Gasteiger partial charge in [-0.3, -0.25) is 9.59 Å². The van der Waals surface area contributed by atoms with Crippen molar-refractivity contribution in [2.45, 2.75) is 13.2 Å². The van der Waals surface area contributed by atoms with E-state index in [2.05, 4.69) is 10.00 Å². The average molecular weight is 479 g/mol. The standard InChI is InChI=1S/C25H23F2N5O3/c26-18-3-1-17(2-4-18)23-21(16-33)24-25(35)31(13-14-32(24)28-23)15-22(34)30-11-9-29(10-12-30)20-7-5-19(27)6-8-20/h1-8,13-14,33H,9-12,15-16H2. The molecule has 0 bridgehead atoms. The molecule has 0 aliphatic carbocycles. The van der Waals surface area contributed by atoms with Crippen molar-refractivity contribution < 1.29 is 18.7 Å². The molecule has 5 rings (SSSR count). The molecule has 1 fully saturated rings. The lowest BCUT2D eigenvalue weighted by Crippen LogP contribution is -2.50. The maximum absolute atomic E-state index is 13.3. The molecule has 4 aromatic rings. The van der Waals surface area contributed by atoms with E-state index < -0.39 is 18.0 Å². The third-order valence-electron chi connectivity index (χ3n) is 6.27. The fourth-order valence-electron chi connectivity index (χ4n) is 4.38. The van der Waals surface area contributed by atoms with Crippen LogP contribution >= 0.6 is 0 Å².